The third-order valence-electron chi connectivity index (χ3n) is 12.3. The van der Waals surface area contributed by atoms with E-state index in [0.29, 0.717) is 0 Å². The fourth-order valence-corrected chi connectivity index (χ4v) is 10.1. The van der Waals surface area contributed by atoms with Gasteiger partial charge in [0.05, 0.1) is 11.0 Å². The van der Waals surface area contributed by atoms with Gasteiger partial charge in [0.15, 0.2) is 0 Å². The van der Waals surface area contributed by atoms with Crippen LogP contribution < -0.4 is 0 Å². The molecule has 0 fully saturated rings. The predicted octanol–water partition coefficient (Wildman–Crippen LogP) is 16.3. The Balaban J connectivity index is 1.10. The number of hydrogen-bond donors (Lipinski definition) is 0. The second-order valence-electron chi connectivity index (χ2n) is 18.2. The molecular weight excluding hydrogens is 731 g/mol. The molecule has 2 heteroatoms. The molecule has 8 aromatic carbocycles. The normalized spacial score (nSPS) is 12.4. The van der Waals surface area contributed by atoms with E-state index in [1.54, 1.807) is 0 Å². The zero-order chi connectivity index (χ0) is 40.5. The zero-order valence-electron chi connectivity index (χ0n) is 34.8. The average molecular weight is 780 g/mol. The highest BCUT2D eigenvalue weighted by Gasteiger charge is 2.22. The molecule has 0 bridgehead atoms. The summed E-state index contributed by atoms with van der Waals surface area (Å²) < 4.78 is 5.12. The number of aromatic nitrogens is 1. The third-order valence-corrected chi connectivity index (χ3v) is 13.4. The highest BCUT2D eigenvalue weighted by atomic mass is 32.1. The molecule has 10 aromatic rings. The van der Waals surface area contributed by atoms with Crippen LogP contribution in [0.3, 0.4) is 0 Å². The first-order valence-electron chi connectivity index (χ1n) is 20.9. The van der Waals surface area contributed by atoms with Crippen LogP contribution in [0, 0.1) is 0 Å². The van der Waals surface area contributed by atoms with E-state index in [4.69, 9.17) is 0 Å². The fourth-order valence-electron chi connectivity index (χ4n) is 8.96. The lowest BCUT2D eigenvalue weighted by Crippen LogP contribution is -2.12. The van der Waals surface area contributed by atoms with E-state index in [-0.39, 0.29) is 16.7 Å². The van der Waals surface area contributed by atoms with Gasteiger partial charge in [-0.3, -0.25) is 0 Å². The molecule has 0 atom stereocenters. The molecule has 0 aliphatic rings. The third kappa shape index (κ3) is 6.76. The van der Waals surface area contributed by atoms with Gasteiger partial charge in [-0.25, -0.2) is 0 Å². The summed E-state index contributed by atoms with van der Waals surface area (Å²) in [7, 11) is 0. The van der Waals surface area contributed by atoms with E-state index in [0.717, 1.165) is 5.69 Å². The van der Waals surface area contributed by atoms with Gasteiger partial charge >= 0.3 is 0 Å². The van der Waals surface area contributed by atoms with Crippen LogP contribution in [0.25, 0.3) is 69.9 Å². The van der Waals surface area contributed by atoms with Crippen LogP contribution in [0.4, 0.5) is 0 Å². The van der Waals surface area contributed by atoms with Crippen molar-refractivity contribution in [1.29, 1.82) is 0 Å². The van der Waals surface area contributed by atoms with E-state index < -0.39 is 0 Å². The first kappa shape index (κ1) is 37.1. The summed E-state index contributed by atoms with van der Waals surface area (Å²) >= 11 is 1.87. The Morgan fingerprint density at radius 1 is 0.373 bits per heavy atom. The maximum Gasteiger partial charge on any atom is 0.0547 e. The highest BCUT2D eigenvalue weighted by molar-refractivity contribution is 7.25. The number of rotatable bonds is 6. The summed E-state index contributed by atoms with van der Waals surface area (Å²) in [4.78, 5) is 0. The number of nitrogens with zero attached hydrogens (tertiary/aromatic N) is 1. The molecule has 0 aliphatic carbocycles. The van der Waals surface area contributed by atoms with Crippen molar-refractivity contribution in [1.82, 2.24) is 4.57 Å². The number of para-hydroxylation sites is 1. The van der Waals surface area contributed by atoms with E-state index in [1.807, 2.05) is 11.3 Å². The Morgan fingerprint density at radius 3 is 1.47 bits per heavy atom. The van der Waals surface area contributed by atoms with E-state index in [2.05, 4.69) is 228 Å². The number of fused-ring (bicyclic) bond motifs is 6. The molecule has 0 saturated carbocycles. The van der Waals surface area contributed by atoms with E-state index >= 15 is 0 Å². The quantitative estimate of drug-likeness (QED) is 0.148. The Hall–Kier alpha value is -6.22. The molecular formula is C57H49NS. The van der Waals surface area contributed by atoms with Crippen LogP contribution in [0.15, 0.2) is 182 Å². The molecule has 0 saturated heterocycles. The number of hydrogen-bond acceptors (Lipinski definition) is 1. The van der Waals surface area contributed by atoms with Crippen LogP contribution in [0.2, 0.25) is 0 Å². The van der Waals surface area contributed by atoms with Crippen molar-refractivity contribution in [3.05, 3.63) is 210 Å². The first-order valence-corrected chi connectivity index (χ1v) is 21.7. The maximum absolute atomic E-state index is 2.45. The molecule has 1 nitrogen and oxygen atoms in total. The van der Waals surface area contributed by atoms with Crippen LogP contribution in [0.5, 0.6) is 0 Å². The lowest BCUT2D eigenvalue weighted by Gasteiger charge is -2.24. The standard InChI is InChI=1S/C57H49NS/c1-56(2,3)44-26-19-37(20-27-44)55(38-21-28-45(29-22-38)57(4,5)6)43-14-12-13-39(33-43)41-23-30-47-48-31-24-42(36-52(48)58(51(47)35-41)46-15-8-7-9-16-46)40-25-32-54-50(34-40)49-17-10-11-18-53(49)59-54/h7-36,55H,1-6H3. The van der Waals surface area contributed by atoms with Gasteiger partial charge in [0.1, 0.15) is 0 Å². The second-order valence-corrected chi connectivity index (χ2v) is 19.3. The Labute approximate surface area is 352 Å². The zero-order valence-corrected chi connectivity index (χ0v) is 35.6. The van der Waals surface area contributed by atoms with Crippen molar-refractivity contribution in [3.8, 4) is 27.9 Å². The van der Waals surface area contributed by atoms with Gasteiger partial charge < -0.3 is 4.57 Å². The van der Waals surface area contributed by atoms with Crippen molar-refractivity contribution >= 4 is 53.3 Å². The van der Waals surface area contributed by atoms with Crippen molar-refractivity contribution in [2.24, 2.45) is 0 Å². The van der Waals surface area contributed by atoms with Gasteiger partial charge in [-0.2, -0.15) is 0 Å². The van der Waals surface area contributed by atoms with E-state index in [9.17, 15) is 0 Å². The van der Waals surface area contributed by atoms with Gasteiger partial charge in [-0.15, -0.1) is 11.3 Å². The van der Waals surface area contributed by atoms with Crippen molar-refractivity contribution < 1.29 is 0 Å². The molecule has 288 valence electrons. The lowest BCUT2D eigenvalue weighted by atomic mass is 9.80. The topological polar surface area (TPSA) is 4.93 Å². The van der Waals surface area contributed by atoms with Gasteiger partial charge in [0.25, 0.3) is 0 Å². The molecule has 10 rings (SSSR count). The molecule has 0 amide bonds. The van der Waals surface area contributed by atoms with Crippen molar-refractivity contribution in [2.45, 2.75) is 58.3 Å². The Bertz CT molecular complexity index is 3090. The Kier molecular flexibility index (Phi) is 8.96. The summed E-state index contributed by atoms with van der Waals surface area (Å²) in [6.45, 7) is 13.7. The molecule has 0 N–H and O–H groups in total. The van der Waals surface area contributed by atoms with Crippen LogP contribution in [-0.4, -0.2) is 4.57 Å². The molecule has 2 heterocycles. The maximum atomic E-state index is 2.45. The van der Waals surface area contributed by atoms with Gasteiger partial charge in [-0.05, 0) is 103 Å². The SMILES string of the molecule is CC(C)(C)c1ccc(C(c2ccc(C(C)(C)C)cc2)c2cccc(-c3ccc4c5ccc(-c6ccc7sc8ccccc8c7c6)cc5n(-c5ccccc5)c4c3)c2)cc1. The van der Waals surface area contributed by atoms with Crippen LogP contribution >= 0.6 is 11.3 Å². The second kappa shape index (κ2) is 14.3. The summed E-state index contributed by atoms with van der Waals surface area (Å²) in [5, 5.41) is 5.16. The van der Waals surface area contributed by atoms with E-state index in [1.165, 1.54) is 92.0 Å². The molecule has 0 radical (unpaired) electrons. The van der Waals surface area contributed by atoms with Gasteiger partial charge in [-0.1, -0.05) is 181 Å². The minimum atomic E-state index is 0.0957. The number of thiophene rings is 1. The monoisotopic (exact) mass is 779 g/mol. The molecule has 2 aromatic heterocycles. The highest BCUT2D eigenvalue weighted by Crippen LogP contribution is 2.41. The molecule has 0 unspecified atom stereocenters. The largest absolute Gasteiger partial charge is 0.309 e. The fraction of sp³-hybridized carbons (Fsp3) is 0.158. The predicted molar refractivity (Wildman–Crippen MR) is 256 cm³/mol. The molecule has 0 spiro atoms. The minimum absolute atomic E-state index is 0.0957. The molecule has 59 heavy (non-hydrogen) atoms. The van der Waals surface area contributed by atoms with Crippen LogP contribution in [-0.2, 0) is 10.8 Å². The summed E-state index contributed by atoms with van der Waals surface area (Å²) in [5.74, 6) is 0.0993. The van der Waals surface area contributed by atoms with Crippen molar-refractivity contribution in [2.75, 3.05) is 0 Å². The minimum Gasteiger partial charge on any atom is -0.309 e. The summed E-state index contributed by atoms with van der Waals surface area (Å²) in [6.07, 6.45) is 0. The summed E-state index contributed by atoms with van der Waals surface area (Å²) in [5.41, 5.74) is 15.3. The first-order chi connectivity index (χ1) is 28.5. The number of benzene rings is 8. The smallest absolute Gasteiger partial charge is 0.0547 e. The van der Waals surface area contributed by atoms with Crippen molar-refractivity contribution in [3.63, 3.8) is 0 Å². The Morgan fingerprint density at radius 2 is 0.881 bits per heavy atom. The lowest BCUT2D eigenvalue weighted by molar-refractivity contribution is 0.589. The van der Waals surface area contributed by atoms with Crippen LogP contribution in [0.1, 0.15) is 75.3 Å². The average Bonchev–Trinajstić information content (AvgIpc) is 3.78. The molecule has 0 aliphatic heterocycles. The van der Waals surface area contributed by atoms with Gasteiger partial charge in [0.2, 0.25) is 0 Å². The van der Waals surface area contributed by atoms with Gasteiger partial charge in [0, 0.05) is 42.6 Å². The summed E-state index contributed by atoms with van der Waals surface area (Å²) in [6, 6.07) is 68.5.